The number of rotatable bonds is 6. The van der Waals surface area contributed by atoms with Crippen molar-refractivity contribution in [2.75, 3.05) is 13.2 Å². The Hall–Kier alpha value is -1.42. The van der Waals surface area contributed by atoms with Crippen LogP contribution in [0.25, 0.3) is 0 Å². The number of hydrogen-bond acceptors (Lipinski definition) is 3. The van der Waals surface area contributed by atoms with Crippen molar-refractivity contribution in [1.82, 2.24) is 0 Å². The lowest BCUT2D eigenvalue weighted by Crippen LogP contribution is -2.23. The van der Waals surface area contributed by atoms with Crippen LogP contribution >= 0.6 is 0 Å². The quantitative estimate of drug-likeness (QED) is 0.775. The minimum absolute atomic E-state index is 0.114. The van der Waals surface area contributed by atoms with Gasteiger partial charge in [-0.25, -0.2) is 4.39 Å². The zero-order valence-corrected chi connectivity index (χ0v) is 10.2. The lowest BCUT2D eigenvalue weighted by molar-refractivity contribution is 0.0921. The molecular formula is C13H18FNO2. The zero-order valence-electron chi connectivity index (χ0n) is 10.2. The number of hydrogen-bond donors (Lipinski definition) is 1. The second-order valence-electron chi connectivity index (χ2n) is 3.78. The van der Waals surface area contributed by atoms with Crippen LogP contribution in [0.1, 0.15) is 30.6 Å². The molecule has 17 heavy (non-hydrogen) atoms. The third kappa shape index (κ3) is 3.27. The van der Waals surface area contributed by atoms with E-state index in [1.54, 1.807) is 13.0 Å². The molecule has 0 spiro atoms. The lowest BCUT2D eigenvalue weighted by Gasteiger charge is -2.12. The molecule has 0 saturated carbocycles. The topological polar surface area (TPSA) is 52.3 Å². The van der Waals surface area contributed by atoms with Crippen molar-refractivity contribution in [2.45, 2.75) is 20.3 Å². The molecule has 1 aromatic rings. The summed E-state index contributed by atoms with van der Waals surface area (Å²) < 4.78 is 18.6. The van der Waals surface area contributed by atoms with Gasteiger partial charge in [0.15, 0.2) is 17.3 Å². The maximum Gasteiger partial charge on any atom is 0.167 e. The van der Waals surface area contributed by atoms with E-state index in [1.807, 2.05) is 6.92 Å². The number of carbonyl (C=O) groups is 1. The van der Waals surface area contributed by atoms with E-state index in [2.05, 4.69) is 0 Å². The minimum Gasteiger partial charge on any atom is -0.491 e. The Morgan fingerprint density at radius 2 is 2.18 bits per heavy atom. The van der Waals surface area contributed by atoms with Crippen LogP contribution in [0, 0.1) is 11.7 Å². The number of carbonyl (C=O) groups excluding carboxylic acids is 1. The molecule has 1 unspecified atom stereocenters. The Labute approximate surface area is 101 Å². The van der Waals surface area contributed by atoms with Gasteiger partial charge in [-0.3, -0.25) is 4.79 Å². The van der Waals surface area contributed by atoms with Gasteiger partial charge >= 0.3 is 0 Å². The SMILES string of the molecule is CCOc1ccc(C(=O)C(CC)CN)cc1F. The van der Waals surface area contributed by atoms with Gasteiger partial charge in [0.25, 0.3) is 0 Å². The monoisotopic (exact) mass is 239 g/mol. The predicted octanol–water partition coefficient (Wildman–Crippen LogP) is 2.39. The molecule has 0 aliphatic heterocycles. The van der Waals surface area contributed by atoms with Gasteiger partial charge in [-0.05, 0) is 31.5 Å². The number of benzene rings is 1. The van der Waals surface area contributed by atoms with Gasteiger partial charge in [0.2, 0.25) is 0 Å². The number of Topliss-reactive ketones (excluding diaryl/α,β-unsaturated/α-hetero) is 1. The molecule has 0 aliphatic rings. The van der Waals surface area contributed by atoms with Crippen molar-refractivity contribution >= 4 is 5.78 Å². The van der Waals surface area contributed by atoms with Crippen LogP contribution in [0.4, 0.5) is 4.39 Å². The highest BCUT2D eigenvalue weighted by Crippen LogP contribution is 2.20. The molecule has 1 rings (SSSR count). The van der Waals surface area contributed by atoms with Crippen LogP contribution in [0.3, 0.4) is 0 Å². The van der Waals surface area contributed by atoms with Gasteiger partial charge in [-0.2, -0.15) is 0 Å². The molecule has 0 fully saturated rings. The molecule has 3 nitrogen and oxygen atoms in total. The molecule has 94 valence electrons. The minimum atomic E-state index is -0.510. The van der Waals surface area contributed by atoms with Gasteiger partial charge in [0.1, 0.15) is 0 Å². The molecule has 2 N–H and O–H groups in total. The van der Waals surface area contributed by atoms with E-state index in [0.717, 1.165) is 0 Å². The van der Waals surface area contributed by atoms with Gasteiger partial charge in [-0.15, -0.1) is 0 Å². The third-order valence-electron chi connectivity index (χ3n) is 2.66. The number of halogens is 1. The van der Waals surface area contributed by atoms with Crippen molar-refractivity contribution < 1.29 is 13.9 Å². The second kappa shape index (κ2) is 6.35. The van der Waals surface area contributed by atoms with Crippen molar-refractivity contribution in [3.8, 4) is 5.75 Å². The second-order valence-corrected chi connectivity index (χ2v) is 3.78. The van der Waals surface area contributed by atoms with Gasteiger partial charge in [0.05, 0.1) is 6.61 Å². The summed E-state index contributed by atoms with van der Waals surface area (Å²) in [7, 11) is 0. The normalized spacial score (nSPS) is 12.2. The molecule has 0 aromatic heterocycles. The van der Waals surface area contributed by atoms with Crippen LogP contribution in [0.5, 0.6) is 5.75 Å². The fourth-order valence-electron chi connectivity index (χ4n) is 1.62. The molecule has 0 saturated heterocycles. The number of nitrogens with two attached hydrogens (primary N) is 1. The molecule has 1 aromatic carbocycles. The molecule has 0 bridgehead atoms. The van der Waals surface area contributed by atoms with Gasteiger partial charge in [0, 0.05) is 18.0 Å². The molecule has 0 radical (unpaired) electrons. The lowest BCUT2D eigenvalue weighted by atomic mass is 9.95. The van der Waals surface area contributed by atoms with Crippen LogP contribution in [0.2, 0.25) is 0 Å². The number of ketones is 1. The van der Waals surface area contributed by atoms with E-state index in [9.17, 15) is 9.18 Å². The first-order valence-electron chi connectivity index (χ1n) is 5.80. The Bertz CT molecular complexity index is 389. The third-order valence-corrected chi connectivity index (χ3v) is 2.66. The smallest absolute Gasteiger partial charge is 0.167 e. The molecule has 0 heterocycles. The van der Waals surface area contributed by atoms with Crippen LogP contribution in [0.15, 0.2) is 18.2 Å². The Morgan fingerprint density at radius 3 is 2.65 bits per heavy atom. The predicted molar refractivity (Wildman–Crippen MR) is 64.7 cm³/mol. The maximum atomic E-state index is 13.6. The van der Waals surface area contributed by atoms with Crippen molar-refractivity contribution in [2.24, 2.45) is 11.7 Å². The first kappa shape index (κ1) is 13.6. The average Bonchev–Trinajstić information content (AvgIpc) is 2.33. The Kier molecular flexibility index (Phi) is 5.10. The highest BCUT2D eigenvalue weighted by Gasteiger charge is 2.18. The summed E-state index contributed by atoms with van der Waals surface area (Å²) >= 11 is 0. The summed E-state index contributed by atoms with van der Waals surface area (Å²) in [6, 6.07) is 4.27. The highest BCUT2D eigenvalue weighted by molar-refractivity contribution is 5.98. The van der Waals surface area contributed by atoms with Gasteiger partial charge < -0.3 is 10.5 Å². The van der Waals surface area contributed by atoms with E-state index in [0.29, 0.717) is 18.6 Å². The van der Waals surface area contributed by atoms with Crippen LogP contribution in [-0.2, 0) is 0 Å². The first-order chi connectivity index (χ1) is 8.13. The average molecular weight is 239 g/mol. The standard InChI is InChI=1S/C13H18FNO2/c1-3-9(8-15)13(16)10-5-6-12(17-4-2)11(14)7-10/h5-7,9H,3-4,8,15H2,1-2H3. The van der Waals surface area contributed by atoms with E-state index in [1.165, 1.54) is 12.1 Å². The zero-order chi connectivity index (χ0) is 12.8. The van der Waals surface area contributed by atoms with Crippen molar-refractivity contribution in [1.29, 1.82) is 0 Å². The maximum absolute atomic E-state index is 13.6. The fourth-order valence-corrected chi connectivity index (χ4v) is 1.62. The van der Waals surface area contributed by atoms with Crippen molar-refractivity contribution in [3.05, 3.63) is 29.6 Å². The van der Waals surface area contributed by atoms with E-state index >= 15 is 0 Å². The summed E-state index contributed by atoms with van der Waals surface area (Å²) in [5.41, 5.74) is 5.85. The molecule has 1 atom stereocenters. The first-order valence-corrected chi connectivity index (χ1v) is 5.80. The van der Waals surface area contributed by atoms with E-state index < -0.39 is 5.82 Å². The summed E-state index contributed by atoms with van der Waals surface area (Å²) in [6.07, 6.45) is 0.657. The largest absolute Gasteiger partial charge is 0.491 e. The summed E-state index contributed by atoms with van der Waals surface area (Å²) in [4.78, 5) is 11.9. The van der Waals surface area contributed by atoms with Crippen LogP contribution in [-0.4, -0.2) is 18.9 Å². The van der Waals surface area contributed by atoms with Gasteiger partial charge in [-0.1, -0.05) is 6.92 Å². The molecule has 0 amide bonds. The molecule has 4 heteroatoms. The summed E-state index contributed by atoms with van der Waals surface area (Å²) in [5.74, 6) is -0.696. The Morgan fingerprint density at radius 1 is 1.47 bits per heavy atom. The van der Waals surface area contributed by atoms with Crippen molar-refractivity contribution in [3.63, 3.8) is 0 Å². The Balaban J connectivity index is 2.93. The summed E-state index contributed by atoms with van der Waals surface area (Å²) in [6.45, 7) is 4.34. The molecule has 0 aliphatic carbocycles. The fraction of sp³-hybridized carbons (Fsp3) is 0.462. The molecular weight excluding hydrogens is 221 g/mol. The van der Waals surface area contributed by atoms with Crippen LogP contribution < -0.4 is 10.5 Å². The highest BCUT2D eigenvalue weighted by atomic mass is 19.1. The number of ether oxygens (including phenoxy) is 1. The summed E-state index contributed by atoms with van der Waals surface area (Å²) in [5, 5.41) is 0. The van der Waals surface area contributed by atoms with E-state index in [-0.39, 0.29) is 24.0 Å². The van der Waals surface area contributed by atoms with E-state index in [4.69, 9.17) is 10.5 Å².